The number of rotatable bonds is 6. The Morgan fingerprint density at radius 1 is 1.24 bits per heavy atom. The molecule has 0 spiro atoms. The zero-order valence-corrected chi connectivity index (χ0v) is 12.3. The molecule has 1 atom stereocenters. The normalized spacial score (nSPS) is 12.7. The van der Waals surface area contributed by atoms with Crippen LogP contribution in [0.5, 0.6) is 0 Å². The van der Waals surface area contributed by atoms with Gasteiger partial charge in [-0.25, -0.2) is 0 Å². The van der Waals surface area contributed by atoms with Gasteiger partial charge in [0.25, 0.3) is 0 Å². The van der Waals surface area contributed by atoms with Crippen molar-refractivity contribution in [2.45, 2.75) is 26.4 Å². The molecule has 0 aliphatic heterocycles. The van der Waals surface area contributed by atoms with Crippen LogP contribution in [0.15, 0.2) is 48.8 Å². The number of hydrogen-bond donors (Lipinski definition) is 1. The average Bonchev–Trinajstić information content (AvgIpc) is 2.98. The van der Waals surface area contributed by atoms with Crippen molar-refractivity contribution < 1.29 is 4.79 Å². The van der Waals surface area contributed by atoms with E-state index in [1.807, 2.05) is 30.3 Å². The maximum absolute atomic E-state index is 12.0. The van der Waals surface area contributed by atoms with Crippen molar-refractivity contribution >= 4 is 12.0 Å². The van der Waals surface area contributed by atoms with Gasteiger partial charge in [0.15, 0.2) is 0 Å². The van der Waals surface area contributed by atoms with Crippen molar-refractivity contribution in [2.75, 3.05) is 0 Å². The molecule has 0 saturated carbocycles. The van der Waals surface area contributed by atoms with Crippen LogP contribution in [0.2, 0.25) is 0 Å². The number of amides is 1. The molecule has 2 rings (SSSR count). The molecule has 1 aromatic heterocycles. The second-order valence-electron chi connectivity index (χ2n) is 5.19. The van der Waals surface area contributed by atoms with Gasteiger partial charge in [0.1, 0.15) is 0 Å². The zero-order valence-electron chi connectivity index (χ0n) is 12.3. The molecule has 21 heavy (non-hydrogen) atoms. The SMILES string of the molecule is CC(C)C(Cn1nccn1)NC(=O)C=Cc1ccccc1. The van der Waals surface area contributed by atoms with Crippen molar-refractivity contribution in [1.82, 2.24) is 20.3 Å². The van der Waals surface area contributed by atoms with Crippen molar-refractivity contribution in [3.8, 4) is 0 Å². The van der Waals surface area contributed by atoms with Gasteiger partial charge in [-0.05, 0) is 17.6 Å². The largest absolute Gasteiger partial charge is 0.348 e. The highest BCUT2D eigenvalue weighted by molar-refractivity contribution is 5.91. The van der Waals surface area contributed by atoms with E-state index in [1.165, 1.54) is 0 Å². The predicted molar refractivity (Wildman–Crippen MR) is 82.3 cm³/mol. The molecule has 110 valence electrons. The minimum Gasteiger partial charge on any atom is -0.348 e. The number of carbonyl (C=O) groups is 1. The monoisotopic (exact) mass is 284 g/mol. The van der Waals surface area contributed by atoms with E-state index in [0.29, 0.717) is 12.5 Å². The third kappa shape index (κ3) is 4.87. The summed E-state index contributed by atoms with van der Waals surface area (Å²) in [4.78, 5) is 13.6. The lowest BCUT2D eigenvalue weighted by Gasteiger charge is -2.20. The Morgan fingerprint density at radius 3 is 2.52 bits per heavy atom. The molecular weight excluding hydrogens is 264 g/mol. The Balaban J connectivity index is 1.93. The molecule has 5 heteroatoms. The molecule has 2 aromatic rings. The van der Waals surface area contributed by atoms with Gasteiger partial charge < -0.3 is 5.32 Å². The molecule has 1 aromatic carbocycles. The number of nitrogens with one attached hydrogen (secondary N) is 1. The fraction of sp³-hybridized carbons (Fsp3) is 0.312. The molecule has 0 bridgehead atoms. The van der Waals surface area contributed by atoms with Crippen LogP contribution in [-0.4, -0.2) is 26.9 Å². The average molecular weight is 284 g/mol. The van der Waals surface area contributed by atoms with Gasteiger partial charge in [-0.1, -0.05) is 44.2 Å². The molecule has 0 radical (unpaired) electrons. The minimum atomic E-state index is -0.107. The zero-order chi connectivity index (χ0) is 15.1. The number of nitrogens with zero attached hydrogens (tertiary/aromatic N) is 3. The van der Waals surface area contributed by atoms with Gasteiger partial charge in [-0.15, -0.1) is 0 Å². The summed E-state index contributed by atoms with van der Waals surface area (Å²) in [7, 11) is 0. The molecule has 0 saturated heterocycles. The molecule has 1 N–H and O–H groups in total. The highest BCUT2D eigenvalue weighted by Crippen LogP contribution is 2.05. The standard InChI is InChI=1S/C16H20N4O/c1-13(2)15(12-20-17-10-11-18-20)19-16(21)9-8-14-6-4-3-5-7-14/h3-11,13,15H,12H2,1-2H3,(H,19,21). The Labute approximate surface area is 124 Å². The summed E-state index contributed by atoms with van der Waals surface area (Å²) in [6, 6.07) is 9.73. The van der Waals surface area contributed by atoms with Crippen molar-refractivity contribution in [3.05, 3.63) is 54.4 Å². The van der Waals surface area contributed by atoms with E-state index in [-0.39, 0.29) is 11.9 Å². The van der Waals surface area contributed by atoms with E-state index in [9.17, 15) is 4.79 Å². The molecule has 0 fully saturated rings. The van der Waals surface area contributed by atoms with E-state index in [0.717, 1.165) is 5.56 Å². The third-order valence-electron chi connectivity index (χ3n) is 3.19. The van der Waals surface area contributed by atoms with Crippen LogP contribution in [0, 0.1) is 5.92 Å². The summed E-state index contributed by atoms with van der Waals surface area (Å²) in [5.74, 6) is 0.190. The van der Waals surface area contributed by atoms with Crippen LogP contribution >= 0.6 is 0 Å². The highest BCUT2D eigenvalue weighted by Gasteiger charge is 2.16. The van der Waals surface area contributed by atoms with E-state index in [2.05, 4.69) is 29.4 Å². The lowest BCUT2D eigenvalue weighted by atomic mass is 10.0. The summed E-state index contributed by atoms with van der Waals surface area (Å²) in [6.07, 6.45) is 6.63. The Bertz CT molecular complexity index is 576. The maximum Gasteiger partial charge on any atom is 0.244 e. The first-order valence-corrected chi connectivity index (χ1v) is 7.03. The van der Waals surface area contributed by atoms with Gasteiger partial charge in [-0.3, -0.25) is 4.79 Å². The summed E-state index contributed by atoms with van der Waals surface area (Å²) >= 11 is 0. The Morgan fingerprint density at radius 2 is 1.90 bits per heavy atom. The number of aromatic nitrogens is 3. The van der Waals surface area contributed by atoms with E-state index >= 15 is 0 Å². The first-order valence-electron chi connectivity index (χ1n) is 7.03. The number of hydrogen-bond acceptors (Lipinski definition) is 3. The van der Waals surface area contributed by atoms with E-state index in [1.54, 1.807) is 29.3 Å². The summed E-state index contributed by atoms with van der Waals surface area (Å²) in [5.41, 5.74) is 1.00. The summed E-state index contributed by atoms with van der Waals surface area (Å²) in [5, 5.41) is 11.1. The van der Waals surface area contributed by atoms with Crippen LogP contribution < -0.4 is 5.32 Å². The Hall–Kier alpha value is -2.43. The van der Waals surface area contributed by atoms with Gasteiger partial charge in [0, 0.05) is 6.08 Å². The van der Waals surface area contributed by atoms with Crippen molar-refractivity contribution in [3.63, 3.8) is 0 Å². The van der Waals surface area contributed by atoms with Gasteiger partial charge in [0.05, 0.1) is 25.0 Å². The molecule has 0 aliphatic rings. The fourth-order valence-electron chi connectivity index (χ4n) is 1.90. The van der Waals surface area contributed by atoms with Gasteiger partial charge in [-0.2, -0.15) is 15.0 Å². The Kier molecular flexibility index (Phi) is 5.26. The lowest BCUT2D eigenvalue weighted by Crippen LogP contribution is -2.41. The molecule has 5 nitrogen and oxygen atoms in total. The first-order chi connectivity index (χ1) is 10.1. The van der Waals surface area contributed by atoms with E-state index < -0.39 is 0 Å². The van der Waals surface area contributed by atoms with Crippen LogP contribution in [0.4, 0.5) is 0 Å². The highest BCUT2D eigenvalue weighted by atomic mass is 16.1. The molecule has 1 heterocycles. The molecule has 1 unspecified atom stereocenters. The van der Waals surface area contributed by atoms with Gasteiger partial charge in [0.2, 0.25) is 5.91 Å². The summed E-state index contributed by atoms with van der Waals surface area (Å²) < 4.78 is 0. The second kappa shape index (κ2) is 7.38. The summed E-state index contributed by atoms with van der Waals surface area (Å²) in [6.45, 7) is 4.69. The second-order valence-corrected chi connectivity index (χ2v) is 5.19. The van der Waals surface area contributed by atoms with Crippen molar-refractivity contribution in [1.29, 1.82) is 0 Å². The molecule has 0 aliphatic carbocycles. The van der Waals surface area contributed by atoms with Crippen LogP contribution in [-0.2, 0) is 11.3 Å². The van der Waals surface area contributed by atoms with Crippen LogP contribution in [0.1, 0.15) is 19.4 Å². The van der Waals surface area contributed by atoms with E-state index in [4.69, 9.17) is 0 Å². The smallest absolute Gasteiger partial charge is 0.244 e. The predicted octanol–water partition coefficient (Wildman–Crippen LogP) is 2.13. The number of carbonyl (C=O) groups excluding carboxylic acids is 1. The minimum absolute atomic E-state index is 0.00896. The quantitative estimate of drug-likeness (QED) is 0.827. The lowest BCUT2D eigenvalue weighted by molar-refractivity contribution is -0.117. The molecule has 1 amide bonds. The first kappa shape index (κ1) is 15.0. The topological polar surface area (TPSA) is 59.8 Å². The molecular formula is C16H20N4O. The third-order valence-corrected chi connectivity index (χ3v) is 3.19. The fourth-order valence-corrected chi connectivity index (χ4v) is 1.90. The van der Waals surface area contributed by atoms with Crippen LogP contribution in [0.3, 0.4) is 0 Å². The van der Waals surface area contributed by atoms with Crippen LogP contribution in [0.25, 0.3) is 6.08 Å². The van der Waals surface area contributed by atoms with Crippen molar-refractivity contribution in [2.24, 2.45) is 5.92 Å². The maximum atomic E-state index is 12.0. The van der Waals surface area contributed by atoms with Gasteiger partial charge >= 0.3 is 0 Å². The number of benzene rings is 1.